The van der Waals surface area contributed by atoms with Gasteiger partial charge in [0, 0.05) is 31.7 Å². The van der Waals surface area contributed by atoms with Crippen LogP contribution in [0.2, 0.25) is 0 Å². The Morgan fingerprint density at radius 3 is 2.58 bits per heavy atom. The lowest BCUT2D eigenvalue weighted by atomic mass is 10.3. The van der Waals surface area contributed by atoms with Crippen molar-refractivity contribution in [3.05, 3.63) is 42.0 Å². The van der Waals surface area contributed by atoms with Crippen molar-refractivity contribution in [3.63, 3.8) is 0 Å². The SMILES string of the molecule is CCn1cc(S(=O)(=O)NCc2ccncc2)c(C)n1. The van der Waals surface area contributed by atoms with Crippen LogP contribution in [0.5, 0.6) is 0 Å². The number of rotatable bonds is 5. The van der Waals surface area contributed by atoms with E-state index in [-0.39, 0.29) is 11.4 Å². The van der Waals surface area contributed by atoms with Crippen LogP contribution < -0.4 is 4.72 Å². The molecule has 0 aliphatic heterocycles. The second-order valence-electron chi connectivity index (χ2n) is 4.11. The minimum atomic E-state index is -3.53. The molecule has 0 aliphatic rings. The average Bonchev–Trinajstić information content (AvgIpc) is 2.80. The molecule has 0 aromatic carbocycles. The molecular weight excluding hydrogens is 264 g/mol. The Labute approximate surface area is 112 Å². The van der Waals surface area contributed by atoms with Crippen molar-refractivity contribution >= 4 is 10.0 Å². The van der Waals surface area contributed by atoms with Crippen LogP contribution >= 0.6 is 0 Å². The van der Waals surface area contributed by atoms with E-state index >= 15 is 0 Å². The van der Waals surface area contributed by atoms with Gasteiger partial charge in [0.05, 0.1) is 5.69 Å². The summed E-state index contributed by atoms with van der Waals surface area (Å²) in [6.07, 6.45) is 4.80. The van der Waals surface area contributed by atoms with E-state index in [9.17, 15) is 8.42 Å². The Morgan fingerprint density at radius 1 is 1.32 bits per heavy atom. The van der Waals surface area contributed by atoms with Crippen molar-refractivity contribution < 1.29 is 8.42 Å². The van der Waals surface area contributed by atoms with Gasteiger partial charge in [-0.15, -0.1) is 0 Å². The van der Waals surface area contributed by atoms with Gasteiger partial charge in [-0.25, -0.2) is 13.1 Å². The summed E-state index contributed by atoms with van der Waals surface area (Å²) in [6.45, 7) is 4.47. The first-order valence-electron chi connectivity index (χ1n) is 5.95. The van der Waals surface area contributed by atoms with Crippen LogP contribution in [0.3, 0.4) is 0 Å². The van der Waals surface area contributed by atoms with Crippen LogP contribution in [0, 0.1) is 6.92 Å². The standard InChI is InChI=1S/C12H16N4O2S/c1-3-16-9-12(10(2)15-16)19(17,18)14-8-11-4-6-13-7-5-11/h4-7,9,14H,3,8H2,1-2H3. The smallest absolute Gasteiger partial charge is 0.244 e. The number of aryl methyl sites for hydroxylation is 2. The van der Waals surface area contributed by atoms with Gasteiger partial charge >= 0.3 is 0 Å². The normalized spacial score (nSPS) is 11.7. The van der Waals surface area contributed by atoms with Crippen LogP contribution in [-0.4, -0.2) is 23.2 Å². The monoisotopic (exact) mass is 280 g/mol. The van der Waals surface area contributed by atoms with Crippen LogP contribution in [-0.2, 0) is 23.1 Å². The molecule has 0 spiro atoms. The summed E-state index contributed by atoms with van der Waals surface area (Å²) >= 11 is 0. The quantitative estimate of drug-likeness (QED) is 0.889. The van der Waals surface area contributed by atoms with Crippen LogP contribution in [0.4, 0.5) is 0 Å². The highest BCUT2D eigenvalue weighted by Crippen LogP contribution is 2.13. The first-order chi connectivity index (χ1) is 9.03. The lowest BCUT2D eigenvalue weighted by molar-refractivity contribution is 0.580. The maximum Gasteiger partial charge on any atom is 0.244 e. The second-order valence-corrected chi connectivity index (χ2v) is 5.85. The summed E-state index contributed by atoms with van der Waals surface area (Å²) in [5, 5.41) is 4.14. The van der Waals surface area contributed by atoms with Crippen molar-refractivity contribution in [3.8, 4) is 0 Å². The van der Waals surface area contributed by atoms with E-state index in [1.54, 1.807) is 42.3 Å². The van der Waals surface area contributed by atoms with E-state index in [0.717, 1.165) is 5.56 Å². The van der Waals surface area contributed by atoms with Gasteiger partial charge in [-0.1, -0.05) is 0 Å². The fraction of sp³-hybridized carbons (Fsp3) is 0.333. The van der Waals surface area contributed by atoms with Gasteiger partial charge in [-0.05, 0) is 31.5 Å². The number of sulfonamides is 1. The number of aromatic nitrogens is 3. The number of nitrogens with one attached hydrogen (secondary N) is 1. The van der Waals surface area contributed by atoms with E-state index in [4.69, 9.17) is 0 Å². The number of hydrogen-bond acceptors (Lipinski definition) is 4. The Balaban J connectivity index is 2.16. The maximum absolute atomic E-state index is 12.2. The lowest BCUT2D eigenvalue weighted by Gasteiger charge is -2.05. The summed E-state index contributed by atoms with van der Waals surface area (Å²) in [7, 11) is -3.53. The molecule has 0 saturated heterocycles. The minimum absolute atomic E-state index is 0.225. The van der Waals surface area contributed by atoms with Gasteiger partial charge in [0.25, 0.3) is 0 Å². The lowest BCUT2D eigenvalue weighted by Crippen LogP contribution is -2.23. The molecule has 2 heterocycles. The molecule has 6 nitrogen and oxygen atoms in total. The highest BCUT2D eigenvalue weighted by molar-refractivity contribution is 7.89. The first kappa shape index (κ1) is 13.7. The third-order valence-electron chi connectivity index (χ3n) is 2.73. The molecule has 0 radical (unpaired) electrons. The molecule has 0 fully saturated rings. The number of pyridine rings is 1. The molecule has 102 valence electrons. The summed E-state index contributed by atoms with van der Waals surface area (Å²) in [5.74, 6) is 0. The van der Waals surface area contributed by atoms with Gasteiger partial charge < -0.3 is 0 Å². The first-order valence-corrected chi connectivity index (χ1v) is 7.44. The van der Waals surface area contributed by atoms with E-state index < -0.39 is 10.0 Å². The van der Waals surface area contributed by atoms with Crippen LogP contribution in [0.15, 0.2) is 35.6 Å². The topological polar surface area (TPSA) is 76.9 Å². The fourth-order valence-electron chi connectivity index (χ4n) is 1.68. The summed E-state index contributed by atoms with van der Waals surface area (Å²) in [4.78, 5) is 4.11. The van der Waals surface area contributed by atoms with Crippen molar-refractivity contribution in [2.45, 2.75) is 31.8 Å². The third kappa shape index (κ3) is 3.18. The molecule has 0 saturated carbocycles. The molecule has 1 N–H and O–H groups in total. The molecule has 0 amide bonds. The average molecular weight is 280 g/mol. The molecular formula is C12H16N4O2S. The third-order valence-corrected chi connectivity index (χ3v) is 4.23. The van der Waals surface area contributed by atoms with E-state index in [2.05, 4.69) is 14.8 Å². The van der Waals surface area contributed by atoms with Crippen LogP contribution in [0.1, 0.15) is 18.2 Å². The number of hydrogen-bond donors (Lipinski definition) is 1. The zero-order valence-corrected chi connectivity index (χ0v) is 11.7. The molecule has 0 atom stereocenters. The van der Waals surface area contributed by atoms with Gasteiger partial charge in [-0.2, -0.15) is 5.10 Å². The van der Waals surface area contributed by atoms with Crippen molar-refractivity contribution in [1.29, 1.82) is 0 Å². The molecule has 2 aromatic rings. The molecule has 2 rings (SSSR count). The summed E-state index contributed by atoms with van der Waals surface area (Å²) in [5.41, 5.74) is 1.36. The largest absolute Gasteiger partial charge is 0.271 e. The van der Waals surface area contributed by atoms with Gasteiger partial charge in [0.1, 0.15) is 4.90 Å². The van der Waals surface area contributed by atoms with E-state index in [0.29, 0.717) is 12.2 Å². The molecule has 2 aromatic heterocycles. The van der Waals surface area contributed by atoms with Crippen molar-refractivity contribution in [2.75, 3.05) is 0 Å². The maximum atomic E-state index is 12.2. The summed E-state index contributed by atoms with van der Waals surface area (Å²) in [6, 6.07) is 3.54. The molecule has 19 heavy (non-hydrogen) atoms. The van der Waals surface area contributed by atoms with Crippen molar-refractivity contribution in [2.24, 2.45) is 0 Å². The predicted molar refractivity (Wildman–Crippen MR) is 70.9 cm³/mol. The van der Waals surface area contributed by atoms with E-state index in [1.165, 1.54) is 0 Å². The molecule has 0 unspecified atom stereocenters. The zero-order valence-electron chi connectivity index (χ0n) is 10.9. The van der Waals surface area contributed by atoms with Gasteiger partial charge in [-0.3, -0.25) is 9.67 Å². The highest BCUT2D eigenvalue weighted by Gasteiger charge is 2.19. The minimum Gasteiger partial charge on any atom is -0.271 e. The van der Waals surface area contributed by atoms with Gasteiger partial charge in [0.15, 0.2) is 0 Å². The fourth-order valence-corrected chi connectivity index (χ4v) is 2.88. The van der Waals surface area contributed by atoms with E-state index in [1.807, 2.05) is 6.92 Å². The molecule has 7 heteroatoms. The predicted octanol–water partition coefficient (Wildman–Crippen LogP) is 1.08. The number of nitrogens with zero attached hydrogens (tertiary/aromatic N) is 3. The van der Waals surface area contributed by atoms with Crippen LogP contribution in [0.25, 0.3) is 0 Å². The van der Waals surface area contributed by atoms with Crippen molar-refractivity contribution in [1.82, 2.24) is 19.5 Å². The second kappa shape index (κ2) is 5.50. The zero-order chi connectivity index (χ0) is 13.9. The Kier molecular flexibility index (Phi) is 3.96. The Hall–Kier alpha value is -1.73. The Bertz CT molecular complexity index is 650. The highest BCUT2D eigenvalue weighted by atomic mass is 32.2. The summed E-state index contributed by atoms with van der Waals surface area (Å²) < 4.78 is 28.5. The van der Waals surface area contributed by atoms with Gasteiger partial charge in [0.2, 0.25) is 10.0 Å². The Morgan fingerprint density at radius 2 is 2.00 bits per heavy atom. The molecule has 0 bridgehead atoms. The molecule has 0 aliphatic carbocycles.